The molecule has 132 valence electrons. The van der Waals surface area contributed by atoms with Crippen LogP contribution in [0.5, 0.6) is 0 Å². The highest BCUT2D eigenvalue weighted by molar-refractivity contribution is 5.81. The summed E-state index contributed by atoms with van der Waals surface area (Å²) in [6, 6.07) is 8.68. The van der Waals surface area contributed by atoms with Crippen molar-refractivity contribution in [3.8, 4) is 0 Å². The van der Waals surface area contributed by atoms with E-state index in [-0.39, 0.29) is 11.8 Å². The Bertz CT molecular complexity index is 416. The van der Waals surface area contributed by atoms with Crippen LogP contribution >= 0.6 is 0 Å². The Balaban J connectivity index is 0.00000112. The first kappa shape index (κ1) is 21.9. The molecule has 23 heavy (non-hydrogen) atoms. The molecule has 0 heterocycles. The van der Waals surface area contributed by atoms with Crippen molar-refractivity contribution in [3.05, 3.63) is 35.4 Å². The summed E-state index contributed by atoms with van der Waals surface area (Å²) in [5.41, 5.74) is 8.66. The van der Waals surface area contributed by atoms with Gasteiger partial charge in [0, 0.05) is 0 Å². The first-order valence-electron chi connectivity index (χ1n) is 9.39. The molecule has 0 spiro atoms. The molecule has 2 heteroatoms. The molecule has 2 rings (SSSR count). The summed E-state index contributed by atoms with van der Waals surface area (Å²) in [7, 11) is 0. The Labute approximate surface area is 143 Å². The molecule has 1 aliphatic rings. The van der Waals surface area contributed by atoms with Crippen LogP contribution in [0.25, 0.3) is 0 Å². The largest absolute Gasteiger partial charge is 0.322 e. The average Bonchev–Trinajstić information content (AvgIpc) is 2.60. The van der Waals surface area contributed by atoms with Gasteiger partial charge in [-0.15, -0.1) is 0 Å². The van der Waals surface area contributed by atoms with E-state index >= 15 is 0 Å². The summed E-state index contributed by atoms with van der Waals surface area (Å²) < 4.78 is 0. The standard InChI is InChI=1S/C17H25NO.2C2H6/c1-12-3-7-15(8-4-12)16-9-5-14(6-10-16)11-17(18)13(2)19;2*1-2/h3-4,7-8,14,16-17H,5-6,9-11,18H2,1-2H3;2*1-2H3/t14?,16?,17-;;/m0../s1. The van der Waals surface area contributed by atoms with Gasteiger partial charge in [0.15, 0.2) is 0 Å². The molecule has 0 aliphatic heterocycles. The summed E-state index contributed by atoms with van der Waals surface area (Å²) in [5, 5.41) is 0. The van der Waals surface area contributed by atoms with Crippen LogP contribution in [0.4, 0.5) is 0 Å². The van der Waals surface area contributed by atoms with E-state index in [1.807, 2.05) is 27.7 Å². The molecule has 0 amide bonds. The van der Waals surface area contributed by atoms with Gasteiger partial charge in [-0.2, -0.15) is 0 Å². The zero-order chi connectivity index (χ0) is 17.8. The Morgan fingerprint density at radius 1 is 1.04 bits per heavy atom. The lowest BCUT2D eigenvalue weighted by Crippen LogP contribution is -2.31. The molecule has 0 radical (unpaired) electrons. The van der Waals surface area contributed by atoms with Gasteiger partial charge in [0.2, 0.25) is 0 Å². The maximum atomic E-state index is 11.2. The van der Waals surface area contributed by atoms with E-state index in [1.165, 1.54) is 36.8 Å². The molecule has 1 fully saturated rings. The molecule has 0 saturated heterocycles. The fourth-order valence-electron chi connectivity index (χ4n) is 3.10. The molecule has 1 saturated carbocycles. The summed E-state index contributed by atoms with van der Waals surface area (Å²) in [6.45, 7) is 11.7. The van der Waals surface area contributed by atoms with Gasteiger partial charge in [-0.1, -0.05) is 57.5 Å². The number of carbonyl (C=O) groups excluding carboxylic acids is 1. The maximum absolute atomic E-state index is 11.2. The molecule has 2 nitrogen and oxygen atoms in total. The topological polar surface area (TPSA) is 43.1 Å². The summed E-state index contributed by atoms with van der Waals surface area (Å²) in [6.07, 6.45) is 5.76. The second kappa shape index (κ2) is 12.3. The molecule has 1 aromatic carbocycles. The van der Waals surface area contributed by atoms with E-state index in [0.717, 1.165) is 6.42 Å². The maximum Gasteiger partial charge on any atom is 0.146 e. The lowest BCUT2D eigenvalue weighted by atomic mass is 9.76. The molecule has 1 atom stereocenters. The predicted octanol–water partition coefficient (Wildman–Crippen LogP) is 5.63. The molecule has 0 aromatic heterocycles. The average molecular weight is 320 g/mol. The van der Waals surface area contributed by atoms with Gasteiger partial charge in [0.1, 0.15) is 5.78 Å². The lowest BCUT2D eigenvalue weighted by molar-refractivity contribution is -0.118. The predicted molar refractivity (Wildman–Crippen MR) is 102 cm³/mol. The van der Waals surface area contributed by atoms with Gasteiger partial charge in [0.25, 0.3) is 0 Å². The minimum atomic E-state index is -0.249. The highest BCUT2D eigenvalue weighted by Crippen LogP contribution is 2.37. The Hall–Kier alpha value is -1.15. The van der Waals surface area contributed by atoms with Crippen molar-refractivity contribution in [2.75, 3.05) is 0 Å². The van der Waals surface area contributed by atoms with Gasteiger partial charge < -0.3 is 5.73 Å². The van der Waals surface area contributed by atoms with Crippen molar-refractivity contribution < 1.29 is 4.79 Å². The van der Waals surface area contributed by atoms with E-state index in [0.29, 0.717) is 11.8 Å². The number of ketones is 1. The second-order valence-corrected chi connectivity index (χ2v) is 6.08. The van der Waals surface area contributed by atoms with E-state index in [1.54, 1.807) is 6.92 Å². The zero-order valence-corrected chi connectivity index (χ0v) is 16.1. The zero-order valence-electron chi connectivity index (χ0n) is 16.1. The van der Waals surface area contributed by atoms with Gasteiger partial charge in [-0.25, -0.2) is 0 Å². The Kier molecular flexibility index (Phi) is 11.7. The molecule has 0 bridgehead atoms. The van der Waals surface area contributed by atoms with Crippen molar-refractivity contribution in [1.82, 2.24) is 0 Å². The van der Waals surface area contributed by atoms with Crippen LogP contribution < -0.4 is 5.73 Å². The van der Waals surface area contributed by atoms with Crippen LogP contribution in [0.1, 0.15) is 83.8 Å². The van der Waals surface area contributed by atoms with Gasteiger partial charge in [-0.05, 0) is 63.4 Å². The number of Topliss-reactive ketones (excluding diaryl/α,β-unsaturated/α-hetero) is 1. The van der Waals surface area contributed by atoms with Crippen molar-refractivity contribution in [2.24, 2.45) is 11.7 Å². The number of carbonyl (C=O) groups is 1. The molecule has 1 aromatic rings. The smallest absolute Gasteiger partial charge is 0.146 e. The van der Waals surface area contributed by atoms with Crippen molar-refractivity contribution >= 4 is 5.78 Å². The van der Waals surface area contributed by atoms with Crippen molar-refractivity contribution in [1.29, 1.82) is 0 Å². The number of benzene rings is 1. The van der Waals surface area contributed by atoms with E-state index < -0.39 is 0 Å². The van der Waals surface area contributed by atoms with Crippen molar-refractivity contribution in [3.63, 3.8) is 0 Å². The van der Waals surface area contributed by atoms with Gasteiger partial charge in [-0.3, -0.25) is 4.79 Å². The Morgan fingerprint density at radius 3 is 1.96 bits per heavy atom. The first-order valence-corrected chi connectivity index (χ1v) is 9.39. The number of aryl methyl sites for hydroxylation is 1. The van der Waals surface area contributed by atoms with Crippen LogP contribution in [0.3, 0.4) is 0 Å². The van der Waals surface area contributed by atoms with Crippen LogP contribution in [0.2, 0.25) is 0 Å². The van der Waals surface area contributed by atoms with Crippen LogP contribution in [0, 0.1) is 12.8 Å². The molecular weight excluding hydrogens is 282 g/mol. The van der Waals surface area contributed by atoms with E-state index in [4.69, 9.17) is 5.73 Å². The third kappa shape index (κ3) is 7.78. The number of hydrogen-bond acceptors (Lipinski definition) is 2. The third-order valence-electron chi connectivity index (χ3n) is 4.50. The van der Waals surface area contributed by atoms with Gasteiger partial charge >= 0.3 is 0 Å². The summed E-state index contributed by atoms with van der Waals surface area (Å²) in [4.78, 5) is 11.2. The molecule has 2 N–H and O–H groups in total. The lowest BCUT2D eigenvalue weighted by Gasteiger charge is -2.30. The fourth-order valence-corrected chi connectivity index (χ4v) is 3.10. The highest BCUT2D eigenvalue weighted by Gasteiger charge is 2.24. The SMILES string of the molecule is CC.CC.CC(=O)[C@@H](N)CC1CCC(c2ccc(C)cc2)CC1. The van der Waals surface area contributed by atoms with E-state index in [2.05, 4.69) is 31.2 Å². The van der Waals surface area contributed by atoms with Crippen LogP contribution in [-0.4, -0.2) is 11.8 Å². The Morgan fingerprint density at radius 2 is 1.52 bits per heavy atom. The van der Waals surface area contributed by atoms with Gasteiger partial charge in [0.05, 0.1) is 6.04 Å². The molecule has 1 aliphatic carbocycles. The second-order valence-electron chi connectivity index (χ2n) is 6.08. The normalized spacial score (nSPS) is 21.2. The quantitative estimate of drug-likeness (QED) is 0.781. The minimum absolute atomic E-state index is 0.126. The number of rotatable bonds is 4. The fraction of sp³-hybridized carbons (Fsp3) is 0.667. The van der Waals surface area contributed by atoms with Crippen LogP contribution in [0.15, 0.2) is 24.3 Å². The number of hydrogen-bond donors (Lipinski definition) is 1. The monoisotopic (exact) mass is 319 g/mol. The molecular formula is C21H37NO. The van der Waals surface area contributed by atoms with Crippen molar-refractivity contribution in [2.45, 2.75) is 85.6 Å². The third-order valence-corrected chi connectivity index (χ3v) is 4.50. The highest BCUT2D eigenvalue weighted by atomic mass is 16.1. The summed E-state index contributed by atoms with van der Waals surface area (Å²) >= 11 is 0. The number of nitrogens with two attached hydrogens (primary N) is 1. The van der Waals surface area contributed by atoms with Crippen LogP contribution in [-0.2, 0) is 4.79 Å². The summed E-state index contributed by atoms with van der Waals surface area (Å²) in [5.74, 6) is 1.46. The first-order chi connectivity index (χ1) is 11.1. The molecule has 0 unspecified atom stereocenters. The van der Waals surface area contributed by atoms with E-state index in [9.17, 15) is 4.79 Å². The minimum Gasteiger partial charge on any atom is -0.322 e.